The first-order valence-electron chi connectivity index (χ1n) is 7.85. The molecule has 1 heterocycles. The molecule has 0 bridgehead atoms. The zero-order chi connectivity index (χ0) is 14.3. The Morgan fingerprint density at radius 2 is 2.00 bits per heavy atom. The Bertz CT molecular complexity index is 295. The van der Waals surface area contributed by atoms with Crippen LogP contribution in [0.25, 0.3) is 0 Å². The zero-order valence-corrected chi connectivity index (χ0v) is 13.9. The van der Waals surface area contributed by atoms with Crippen LogP contribution in [0.5, 0.6) is 0 Å². The molecule has 2 unspecified atom stereocenters. The molecule has 0 amide bonds. The largest absolute Gasteiger partial charge is 0.463 e. The molecule has 1 aliphatic rings. The van der Waals surface area contributed by atoms with E-state index in [4.69, 9.17) is 4.74 Å². The minimum Gasteiger partial charge on any atom is -0.463 e. The maximum absolute atomic E-state index is 11.0. The second-order valence-corrected chi connectivity index (χ2v) is 11.5. The molecule has 2 nitrogen and oxygen atoms in total. The van der Waals surface area contributed by atoms with Gasteiger partial charge in [-0.15, -0.1) is 0 Å². The molecule has 0 aliphatic carbocycles. The fourth-order valence-electron chi connectivity index (χ4n) is 3.70. The highest BCUT2D eigenvalue weighted by Crippen LogP contribution is 2.45. The van der Waals surface area contributed by atoms with Crippen molar-refractivity contribution >= 4 is 14.0 Å². The van der Waals surface area contributed by atoms with Crippen LogP contribution in [-0.4, -0.2) is 20.7 Å². The molecule has 3 heteroatoms. The van der Waals surface area contributed by atoms with E-state index in [-0.39, 0.29) is 5.97 Å². The fraction of sp³-hybridized carbons (Fsp3) is 0.812. The Morgan fingerprint density at radius 3 is 2.53 bits per heavy atom. The minimum atomic E-state index is -0.986. The van der Waals surface area contributed by atoms with Gasteiger partial charge in [0.05, 0.1) is 14.7 Å². The lowest BCUT2D eigenvalue weighted by molar-refractivity contribution is -0.137. The van der Waals surface area contributed by atoms with Crippen molar-refractivity contribution in [2.75, 3.05) is 6.61 Å². The molecule has 1 aliphatic heterocycles. The first-order chi connectivity index (χ1) is 9.05. The van der Waals surface area contributed by atoms with Crippen LogP contribution >= 0.6 is 0 Å². The highest BCUT2D eigenvalue weighted by Gasteiger charge is 2.41. The number of ether oxygens (including phenoxy) is 1. The maximum Gasteiger partial charge on any atom is 0.330 e. The Morgan fingerprint density at radius 1 is 1.37 bits per heavy atom. The Hall–Kier alpha value is -0.573. The van der Waals surface area contributed by atoms with Crippen molar-refractivity contribution in [3.63, 3.8) is 0 Å². The van der Waals surface area contributed by atoms with Crippen molar-refractivity contribution in [1.82, 2.24) is 0 Å². The van der Waals surface area contributed by atoms with E-state index in [2.05, 4.69) is 27.4 Å². The van der Waals surface area contributed by atoms with Gasteiger partial charge in [-0.05, 0) is 24.3 Å². The number of hydrogen-bond donors (Lipinski definition) is 0. The second-order valence-electron chi connectivity index (χ2n) is 6.20. The summed E-state index contributed by atoms with van der Waals surface area (Å²) >= 11 is 0. The standard InChI is InChI=1S/C16H30O2Si/c1-5-16(17)18-11-9-10-14(3)15(4)19(6-2)12-7-8-13-19/h5,14-15H,1,6-13H2,2-4H3. The Balaban J connectivity index is 2.33. The zero-order valence-electron chi connectivity index (χ0n) is 12.9. The van der Waals surface area contributed by atoms with Crippen LogP contribution in [0.4, 0.5) is 0 Å². The van der Waals surface area contributed by atoms with Gasteiger partial charge >= 0.3 is 5.97 Å². The molecule has 0 aromatic rings. The van der Waals surface area contributed by atoms with Gasteiger partial charge in [-0.1, -0.05) is 58.3 Å². The smallest absolute Gasteiger partial charge is 0.330 e. The highest BCUT2D eigenvalue weighted by atomic mass is 28.3. The predicted molar refractivity (Wildman–Crippen MR) is 84.1 cm³/mol. The molecule has 0 spiro atoms. The van der Waals surface area contributed by atoms with Crippen LogP contribution in [-0.2, 0) is 9.53 Å². The predicted octanol–water partition coefficient (Wildman–Crippen LogP) is 4.78. The van der Waals surface area contributed by atoms with Crippen molar-refractivity contribution in [2.24, 2.45) is 5.92 Å². The molecule has 1 fully saturated rings. The van der Waals surface area contributed by atoms with Gasteiger partial charge in [0.1, 0.15) is 0 Å². The fourth-order valence-corrected chi connectivity index (χ4v) is 9.49. The summed E-state index contributed by atoms with van der Waals surface area (Å²) in [6, 6.07) is 4.53. The van der Waals surface area contributed by atoms with Crippen LogP contribution in [0.2, 0.25) is 23.7 Å². The molecule has 1 rings (SSSR count). The molecule has 0 aromatic carbocycles. The van der Waals surface area contributed by atoms with E-state index in [1.807, 2.05) is 0 Å². The van der Waals surface area contributed by atoms with Gasteiger partial charge in [-0.2, -0.15) is 0 Å². The summed E-state index contributed by atoms with van der Waals surface area (Å²) in [6.45, 7) is 11.2. The molecule has 110 valence electrons. The summed E-state index contributed by atoms with van der Waals surface area (Å²) in [5.41, 5.74) is 0.912. The monoisotopic (exact) mass is 282 g/mol. The molecule has 0 N–H and O–H groups in total. The summed E-state index contributed by atoms with van der Waals surface area (Å²) in [6.07, 6.45) is 6.34. The number of rotatable bonds is 8. The Labute approximate surface area is 119 Å². The van der Waals surface area contributed by atoms with Crippen LogP contribution in [0.1, 0.15) is 46.5 Å². The van der Waals surface area contributed by atoms with Crippen LogP contribution in [0.15, 0.2) is 12.7 Å². The second kappa shape index (κ2) is 7.88. The van der Waals surface area contributed by atoms with E-state index in [9.17, 15) is 4.79 Å². The van der Waals surface area contributed by atoms with E-state index in [0.29, 0.717) is 6.61 Å². The van der Waals surface area contributed by atoms with Gasteiger partial charge < -0.3 is 4.74 Å². The first-order valence-corrected chi connectivity index (χ1v) is 10.5. The van der Waals surface area contributed by atoms with Crippen LogP contribution < -0.4 is 0 Å². The lowest BCUT2D eigenvalue weighted by Crippen LogP contribution is -2.37. The van der Waals surface area contributed by atoms with E-state index in [1.54, 1.807) is 12.1 Å². The van der Waals surface area contributed by atoms with E-state index < -0.39 is 8.07 Å². The summed E-state index contributed by atoms with van der Waals surface area (Å²) in [7, 11) is -0.986. The molecule has 0 aromatic heterocycles. The van der Waals surface area contributed by atoms with Gasteiger partial charge in [0, 0.05) is 6.08 Å². The Kier molecular flexibility index (Phi) is 6.84. The first kappa shape index (κ1) is 16.5. The highest BCUT2D eigenvalue weighted by molar-refractivity contribution is 6.81. The third kappa shape index (κ3) is 4.48. The average molecular weight is 282 g/mol. The van der Waals surface area contributed by atoms with Crippen LogP contribution in [0, 0.1) is 5.92 Å². The summed E-state index contributed by atoms with van der Waals surface area (Å²) in [5, 5.41) is 0. The topological polar surface area (TPSA) is 26.3 Å². The van der Waals surface area contributed by atoms with Crippen molar-refractivity contribution in [3.8, 4) is 0 Å². The normalized spacial score (nSPS) is 20.8. The molecule has 1 saturated heterocycles. The van der Waals surface area contributed by atoms with Gasteiger partial charge in [-0.3, -0.25) is 0 Å². The quantitative estimate of drug-likeness (QED) is 0.277. The molecule has 2 atom stereocenters. The number of carbonyl (C=O) groups is 1. The van der Waals surface area contributed by atoms with E-state index >= 15 is 0 Å². The summed E-state index contributed by atoms with van der Waals surface area (Å²) in [4.78, 5) is 11.0. The third-order valence-electron chi connectivity index (χ3n) is 5.34. The van der Waals surface area contributed by atoms with Gasteiger partial charge in [0.25, 0.3) is 0 Å². The molecular weight excluding hydrogens is 252 g/mol. The summed E-state index contributed by atoms with van der Waals surface area (Å²) in [5.74, 6) is 0.475. The molecule has 0 radical (unpaired) electrons. The van der Waals surface area contributed by atoms with Gasteiger partial charge in [0.15, 0.2) is 0 Å². The minimum absolute atomic E-state index is 0.295. The van der Waals surface area contributed by atoms with Gasteiger partial charge in [0.2, 0.25) is 0 Å². The molecular formula is C16H30O2Si. The van der Waals surface area contributed by atoms with Crippen molar-refractivity contribution in [1.29, 1.82) is 0 Å². The van der Waals surface area contributed by atoms with Crippen molar-refractivity contribution < 1.29 is 9.53 Å². The SMILES string of the molecule is C=CC(=O)OCCCC(C)C(C)[Si]1(CC)CCCC1. The number of carbonyl (C=O) groups excluding carboxylic acids is 1. The van der Waals surface area contributed by atoms with Crippen molar-refractivity contribution in [3.05, 3.63) is 12.7 Å². The lowest BCUT2D eigenvalue weighted by Gasteiger charge is -2.36. The summed E-state index contributed by atoms with van der Waals surface area (Å²) < 4.78 is 5.05. The third-order valence-corrected chi connectivity index (χ3v) is 11.9. The van der Waals surface area contributed by atoms with E-state index in [0.717, 1.165) is 17.9 Å². The molecule has 0 saturated carbocycles. The molecule has 19 heavy (non-hydrogen) atoms. The number of esters is 1. The average Bonchev–Trinajstić information content (AvgIpc) is 2.92. The number of hydrogen-bond acceptors (Lipinski definition) is 2. The van der Waals surface area contributed by atoms with Crippen molar-refractivity contribution in [2.45, 2.75) is 70.1 Å². The lowest BCUT2D eigenvalue weighted by atomic mass is 10.0. The van der Waals surface area contributed by atoms with E-state index in [1.165, 1.54) is 31.4 Å². The van der Waals surface area contributed by atoms with Gasteiger partial charge in [-0.25, -0.2) is 4.79 Å². The van der Waals surface area contributed by atoms with Crippen LogP contribution in [0.3, 0.4) is 0 Å². The maximum atomic E-state index is 11.0.